The summed E-state index contributed by atoms with van der Waals surface area (Å²) in [5, 5.41) is 0. The van der Waals surface area contributed by atoms with Crippen LogP contribution in [0.5, 0.6) is 11.5 Å². The second kappa shape index (κ2) is 15.4. The highest BCUT2D eigenvalue weighted by Gasteiger charge is 2.32. The highest BCUT2D eigenvalue weighted by atomic mass is 16.6. The molecule has 0 spiro atoms. The van der Waals surface area contributed by atoms with Gasteiger partial charge in [0.05, 0.1) is 6.54 Å². The van der Waals surface area contributed by atoms with Crippen molar-refractivity contribution in [2.75, 3.05) is 39.3 Å². The average Bonchev–Trinajstić information content (AvgIpc) is 3.09. The van der Waals surface area contributed by atoms with E-state index in [1.165, 1.54) is 27.8 Å². The molecule has 6 rings (SSSR count). The van der Waals surface area contributed by atoms with Crippen molar-refractivity contribution in [3.05, 3.63) is 131 Å². The van der Waals surface area contributed by atoms with E-state index >= 15 is 0 Å². The molecule has 252 valence electrons. The fourth-order valence-corrected chi connectivity index (χ4v) is 7.11. The van der Waals surface area contributed by atoms with Gasteiger partial charge in [-0.2, -0.15) is 0 Å². The molecule has 6 nitrogen and oxygen atoms in total. The van der Waals surface area contributed by atoms with E-state index in [0.717, 1.165) is 50.5 Å². The van der Waals surface area contributed by atoms with Gasteiger partial charge in [-0.25, -0.2) is 0 Å². The molecule has 4 aromatic rings. The van der Waals surface area contributed by atoms with Crippen LogP contribution in [0.3, 0.4) is 0 Å². The van der Waals surface area contributed by atoms with Gasteiger partial charge in [0.2, 0.25) is 0 Å². The van der Waals surface area contributed by atoms with Crippen LogP contribution in [0.1, 0.15) is 73.8 Å². The number of carbonyl (C=O) groups excluding carboxylic acids is 1. The van der Waals surface area contributed by atoms with E-state index in [-0.39, 0.29) is 17.9 Å². The summed E-state index contributed by atoms with van der Waals surface area (Å²) in [4.78, 5) is 16.9. The van der Waals surface area contributed by atoms with Crippen molar-refractivity contribution in [1.82, 2.24) is 9.80 Å². The molecule has 2 unspecified atom stereocenters. The van der Waals surface area contributed by atoms with Crippen LogP contribution in [0.2, 0.25) is 0 Å². The van der Waals surface area contributed by atoms with Crippen molar-refractivity contribution in [3.63, 3.8) is 0 Å². The van der Waals surface area contributed by atoms with Gasteiger partial charge in [0.1, 0.15) is 30.3 Å². The zero-order chi connectivity index (χ0) is 33.5. The predicted molar refractivity (Wildman–Crippen MR) is 192 cm³/mol. The lowest BCUT2D eigenvalue weighted by molar-refractivity contribution is -0.156. The Morgan fingerprint density at radius 3 is 2.15 bits per heavy atom. The zero-order valence-corrected chi connectivity index (χ0v) is 28.9. The minimum absolute atomic E-state index is 0.153. The molecule has 0 bridgehead atoms. The predicted octanol–water partition coefficient (Wildman–Crippen LogP) is 7.85. The molecule has 0 saturated carbocycles. The summed E-state index contributed by atoms with van der Waals surface area (Å²) in [6, 6.07) is 37.0. The summed E-state index contributed by atoms with van der Waals surface area (Å²) in [5.41, 5.74) is 6.18. The number of aryl methyl sites for hydroxylation is 1. The van der Waals surface area contributed by atoms with Crippen LogP contribution in [0.25, 0.3) is 0 Å². The molecule has 6 heteroatoms. The van der Waals surface area contributed by atoms with Crippen LogP contribution in [0, 0.1) is 0 Å². The second-order valence-electron chi connectivity index (χ2n) is 14.3. The van der Waals surface area contributed by atoms with Crippen molar-refractivity contribution in [3.8, 4) is 11.5 Å². The molecule has 0 N–H and O–H groups in total. The lowest BCUT2D eigenvalue weighted by Crippen LogP contribution is -2.52. The van der Waals surface area contributed by atoms with Crippen molar-refractivity contribution < 1.29 is 19.0 Å². The number of hydrogen-bond donors (Lipinski definition) is 0. The van der Waals surface area contributed by atoms with Gasteiger partial charge >= 0.3 is 5.97 Å². The Kier molecular flexibility index (Phi) is 10.8. The van der Waals surface area contributed by atoms with Crippen molar-refractivity contribution in [1.29, 1.82) is 0 Å². The molecule has 2 aliphatic rings. The van der Waals surface area contributed by atoms with Crippen molar-refractivity contribution >= 4 is 5.97 Å². The molecule has 0 aromatic heterocycles. The van der Waals surface area contributed by atoms with Crippen LogP contribution < -0.4 is 9.47 Å². The third-order valence-corrected chi connectivity index (χ3v) is 9.59. The van der Waals surface area contributed by atoms with Crippen molar-refractivity contribution in [2.45, 2.75) is 70.6 Å². The lowest BCUT2D eigenvalue weighted by atomic mass is 9.69. The fraction of sp³-hybridized carbons (Fsp3) is 0.405. The normalized spacial score (nSPS) is 19.2. The molecule has 1 fully saturated rings. The van der Waals surface area contributed by atoms with Gasteiger partial charge in [-0.15, -0.1) is 0 Å². The Morgan fingerprint density at radius 1 is 0.792 bits per heavy atom. The number of ether oxygens (including phenoxy) is 3. The summed E-state index contributed by atoms with van der Waals surface area (Å²) < 4.78 is 18.0. The summed E-state index contributed by atoms with van der Waals surface area (Å²) in [5.74, 6) is 2.32. The number of hydrogen-bond acceptors (Lipinski definition) is 6. The van der Waals surface area contributed by atoms with Crippen LogP contribution in [-0.4, -0.2) is 66.7 Å². The molecule has 48 heavy (non-hydrogen) atoms. The average molecular weight is 647 g/mol. The molecule has 0 amide bonds. The minimum Gasteiger partial charge on any atom is -0.492 e. The Balaban J connectivity index is 1.09. The quantitative estimate of drug-likeness (QED) is 0.155. The number of benzene rings is 4. The van der Waals surface area contributed by atoms with Gasteiger partial charge in [0.25, 0.3) is 0 Å². The van der Waals surface area contributed by atoms with Gasteiger partial charge in [0.15, 0.2) is 0 Å². The van der Waals surface area contributed by atoms with Gasteiger partial charge in [-0.3, -0.25) is 14.6 Å². The fourth-order valence-electron chi connectivity index (χ4n) is 7.11. The lowest BCUT2D eigenvalue weighted by Gasteiger charge is -2.37. The number of piperazine rings is 1. The smallest absolute Gasteiger partial charge is 0.320 e. The largest absolute Gasteiger partial charge is 0.492 e. The monoisotopic (exact) mass is 646 g/mol. The summed E-state index contributed by atoms with van der Waals surface area (Å²) in [6.45, 7) is 13.0. The minimum atomic E-state index is -0.449. The maximum absolute atomic E-state index is 12.3. The Bertz CT molecular complexity index is 1610. The van der Waals surface area contributed by atoms with E-state index in [4.69, 9.17) is 14.2 Å². The molecule has 3 atom stereocenters. The molecular weight excluding hydrogens is 596 g/mol. The van der Waals surface area contributed by atoms with E-state index in [0.29, 0.717) is 25.7 Å². The Labute approximate surface area is 286 Å². The van der Waals surface area contributed by atoms with Crippen LogP contribution in [0.4, 0.5) is 0 Å². The van der Waals surface area contributed by atoms with E-state index in [9.17, 15) is 4.79 Å². The third kappa shape index (κ3) is 8.86. The topological polar surface area (TPSA) is 51.2 Å². The van der Waals surface area contributed by atoms with E-state index < -0.39 is 5.60 Å². The first-order valence-electron chi connectivity index (χ1n) is 17.5. The Morgan fingerprint density at radius 2 is 1.46 bits per heavy atom. The standard InChI is InChI=1S/C42H50N2O4/c1-31(44-25-23-43(24-26-44)28-40(45)48-42(2,3)4)29-46-36-18-15-34(16-19-36)41-38(33-13-9-6-10-14-33)21-17-35-27-37(20-22-39(35)41)47-30-32-11-7-5-8-12-32/h5-16,18-20,22,27,31,38,41H,17,21,23-26,28-30H2,1-4H3/t31-,38?,41?/m1/s1. The highest BCUT2D eigenvalue weighted by molar-refractivity contribution is 5.72. The summed E-state index contributed by atoms with van der Waals surface area (Å²) in [7, 11) is 0. The van der Waals surface area contributed by atoms with Gasteiger partial charge < -0.3 is 14.2 Å². The number of carbonyl (C=O) groups is 1. The first-order chi connectivity index (χ1) is 23.2. The summed E-state index contributed by atoms with van der Waals surface area (Å²) in [6.07, 6.45) is 2.12. The number of fused-ring (bicyclic) bond motifs is 1. The first-order valence-corrected chi connectivity index (χ1v) is 17.5. The van der Waals surface area contributed by atoms with E-state index in [1.807, 2.05) is 26.8 Å². The molecule has 4 aromatic carbocycles. The summed E-state index contributed by atoms with van der Waals surface area (Å²) >= 11 is 0. The number of rotatable bonds is 11. The third-order valence-electron chi connectivity index (χ3n) is 9.59. The Hall–Kier alpha value is -4.13. The van der Waals surface area contributed by atoms with E-state index in [1.54, 1.807) is 0 Å². The molecule has 1 aliphatic heterocycles. The van der Waals surface area contributed by atoms with Crippen LogP contribution in [0.15, 0.2) is 103 Å². The van der Waals surface area contributed by atoms with Gasteiger partial charge in [-0.05, 0) is 98.5 Å². The molecule has 1 aliphatic carbocycles. The van der Waals surface area contributed by atoms with Gasteiger partial charge in [-0.1, -0.05) is 78.9 Å². The first kappa shape index (κ1) is 33.8. The van der Waals surface area contributed by atoms with Crippen LogP contribution >= 0.6 is 0 Å². The second-order valence-corrected chi connectivity index (χ2v) is 14.3. The molecule has 1 heterocycles. The van der Waals surface area contributed by atoms with Crippen LogP contribution in [-0.2, 0) is 22.6 Å². The van der Waals surface area contributed by atoms with Gasteiger partial charge in [0, 0.05) is 38.1 Å². The highest BCUT2D eigenvalue weighted by Crippen LogP contribution is 2.47. The van der Waals surface area contributed by atoms with E-state index in [2.05, 4.69) is 114 Å². The SMILES string of the molecule is C[C@H](COc1ccc(C2c3ccc(OCc4ccccc4)cc3CCC2c2ccccc2)cc1)N1CCN(CC(=O)OC(C)(C)C)CC1. The molecule has 1 saturated heterocycles. The molecule has 0 radical (unpaired) electrons. The van der Waals surface area contributed by atoms with Crippen molar-refractivity contribution in [2.24, 2.45) is 0 Å². The maximum Gasteiger partial charge on any atom is 0.320 e. The number of nitrogens with zero attached hydrogens (tertiary/aromatic N) is 2. The number of esters is 1. The maximum atomic E-state index is 12.3. The zero-order valence-electron chi connectivity index (χ0n) is 28.9. The molecular formula is C42H50N2O4.